The van der Waals surface area contributed by atoms with Gasteiger partial charge in [0.05, 0.1) is 17.7 Å². The Morgan fingerprint density at radius 1 is 0.972 bits per heavy atom. The van der Waals surface area contributed by atoms with Crippen LogP contribution >= 0.6 is 22.6 Å². The Balaban J connectivity index is 1.77. The van der Waals surface area contributed by atoms with E-state index in [0.29, 0.717) is 6.54 Å². The summed E-state index contributed by atoms with van der Waals surface area (Å²) in [6.45, 7) is 0.559. The van der Waals surface area contributed by atoms with Crippen LogP contribution in [0.3, 0.4) is 0 Å². The number of nitrogens with one attached hydrogen (secondary N) is 3. The maximum atomic E-state index is 13.8. The van der Waals surface area contributed by atoms with Crippen molar-refractivity contribution in [1.29, 1.82) is 0 Å². The molecule has 5 N–H and O–H groups in total. The van der Waals surface area contributed by atoms with Gasteiger partial charge in [-0.05, 0) is 82.6 Å². The van der Waals surface area contributed by atoms with Crippen molar-refractivity contribution in [2.45, 2.75) is 25.1 Å². The predicted octanol–water partition coefficient (Wildman–Crippen LogP) is 3.13. The molecule has 0 bridgehead atoms. The number of aliphatic hydroxyl groups is 1. The van der Waals surface area contributed by atoms with Gasteiger partial charge in [0.25, 0.3) is 11.8 Å². The number of hydrogen-bond acceptors (Lipinski definition) is 5. The zero-order chi connectivity index (χ0) is 26.2. The van der Waals surface area contributed by atoms with Gasteiger partial charge in [0.1, 0.15) is 17.4 Å². The van der Waals surface area contributed by atoms with Crippen LogP contribution < -0.4 is 16.0 Å². The molecule has 36 heavy (non-hydrogen) atoms. The van der Waals surface area contributed by atoms with Crippen LogP contribution in [0.15, 0.2) is 60.7 Å². The Morgan fingerprint density at radius 2 is 1.69 bits per heavy atom. The number of hydrogen-bond donors (Lipinski definition) is 5. The average Bonchev–Trinajstić information content (AvgIpc) is 2.82. The lowest BCUT2D eigenvalue weighted by atomic mass is 9.99. The molecule has 0 aromatic heterocycles. The first-order valence-corrected chi connectivity index (χ1v) is 12.2. The minimum absolute atomic E-state index is 0.0487. The van der Waals surface area contributed by atoms with Crippen molar-refractivity contribution in [2.75, 3.05) is 13.6 Å². The highest BCUT2D eigenvalue weighted by atomic mass is 127. The second kappa shape index (κ2) is 12.7. The molecular weight excluding hydrogens is 583 g/mol. The molecule has 190 valence electrons. The fourth-order valence-electron chi connectivity index (χ4n) is 3.67. The van der Waals surface area contributed by atoms with Crippen molar-refractivity contribution in [2.24, 2.45) is 0 Å². The quantitative estimate of drug-likeness (QED) is 0.227. The van der Waals surface area contributed by atoms with E-state index in [0.717, 1.165) is 27.3 Å². The summed E-state index contributed by atoms with van der Waals surface area (Å²) in [5.41, 5.74) is 1.24. The maximum Gasteiger partial charge on any atom is 0.254 e. The summed E-state index contributed by atoms with van der Waals surface area (Å²) in [4.78, 5) is 25.0. The maximum absolute atomic E-state index is 13.8. The molecule has 3 aromatic rings. The summed E-state index contributed by atoms with van der Waals surface area (Å²) in [6, 6.07) is 13.7. The molecule has 0 fully saturated rings. The van der Waals surface area contributed by atoms with E-state index in [4.69, 9.17) is 0 Å². The topological polar surface area (TPSA) is 111 Å². The lowest BCUT2D eigenvalue weighted by Crippen LogP contribution is -2.48. The minimum Gasteiger partial charge on any atom is -0.507 e. The molecular formula is C26H26F2IN3O4. The highest BCUT2D eigenvalue weighted by Gasteiger charge is 2.24. The van der Waals surface area contributed by atoms with Crippen molar-refractivity contribution in [3.05, 3.63) is 98.1 Å². The smallest absolute Gasteiger partial charge is 0.254 e. The molecule has 7 nitrogen and oxygen atoms in total. The predicted molar refractivity (Wildman–Crippen MR) is 140 cm³/mol. The van der Waals surface area contributed by atoms with Crippen LogP contribution in [0.5, 0.6) is 5.75 Å². The van der Waals surface area contributed by atoms with Gasteiger partial charge >= 0.3 is 0 Å². The number of aromatic hydroxyl groups is 1. The fraction of sp³-hybridized carbons (Fsp3) is 0.231. The number of phenolic OH excluding ortho intramolecular Hbond substituents is 1. The zero-order valence-corrected chi connectivity index (χ0v) is 21.6. The second-order valence-electron chi connectivity index (χ2n) is 8.20. The number of aliphatic hydroxyl groups excluding tert-OH is 1. The summed E-state index contributed by atoms with van der Waals surface area (Å²) >= 11 is 2.20. The lowest BCUT2D eigenvalue weighted by Gasteiger charge is -2.25. The largest absolute Gasteiger partial charge is 0.507 e. The van der Waals surface area contributed by atoms with E-state index < -0.39 is 35.6 Å². The van der Waals surface area contributed by atoms with E-state index >= 15 is 0 Å². The van der Waals surface area contributed by atoms with Gasteiger partial charge < -0.3 is 26.2 Å². The third-order valence-electron chi connectivity index (χ3n) is 5.46. The monoisotopic (exact) mass is 609 g/mol. The molecule has 0 radical (unpaired) electrons. The van der Waals surface area contributed by atoms with Crippen LogP contribution in [-0.2, 0) is 13.0 Å². The van der Waals surface area contributed by atoms with Crippen molar-refractivity contribution in [1.82, 2.24) is 16.0 Å². The van der Waals surface area contributed by atoms with E-state index in [1.807, 2.05) is 24.3 Å². The zero-order valence-electron chi connectivity index (χ0n) is 19.4. The van der Waals surface area contributed by atoms with E-state index in [2.05, 4.69) is 38.5 Å². The number of amides is 2. The number of benzene rings is 3. The molecule has 0 aliphatic carbocycles. The van der Waals surface area contributed by atoms with Gasteiger partial charge in [0.2, 0.25) is 0 Å². The van der Waals surface area contributed by atoms with Gasteiger partial charge in [-0.3, -0.25) is 9.59 Å². The molecule has 0 aliphatic heterocycles. The lowest BCUT2D eigenvalue weighted by molar-refractivity contribution is 0.0830. The van der Waals surface area contributed by atoms with Crippen LogP contribution in [0.4, 0.5) is 8.78 Å². The number of carbonyl (C=O) groups is 2. The molecule has 0 unspecified atom stereocenters. The fourth-order valence-corrected chi connectivity index (χ4v) is 4.27. The number of carbonyl (C=O) groups excluding carboxylic acids is 2. The Kier molecular flexibility index (Phi) is 9.73. The third kappa shape index (κ3) is 7.70. The third-order valence-corrected chi connectivity index (χ3v) is 6.13. The Bertz CT molecular complexity index is 1220. The molecule has 0 saturated heterocycles. The van der Waals surface area contributed by atoms with Crippen LogP contribution in [0, 0.1) is 15.2 Å². The summed E-state index contributed by atoms with van der Waals surface area (Å²) in [6.07, 6.45) is -1.16. The second-order valence-corrected chi connectivity index (χ2v) is 9.45. The Labute approximate surface area is 221 Å². The highest BCUT2D eigenvalue weighted by molar-refractivity contribution is 14.1. The summed E-state index contributed by atoms with van der Waals surface area (Å²) < 4.78 is 28.6. The highest BCUT2D eigenvalue weighted by Crippen LogP contribution is 2.19. The number of halogens is 3. The normalized spacial score (nSPS) is 12.6. The summed E-state index contributed by atoms with van der Waals surface area (Å²) in [5.74, 6) is -3.03. The van der Waals surface area contributed by atoms with E-state index in [1.54, 1.807) is 0 Å². The van der Waals surface area contributed by atoms with Gasteiger partial charge in [-0.1, -0.05) is 12.1 Å². The van der Waals surface area contributed by atoms with Crippen molar-refractivity contribution in [3.8, 4) is 5.75 Å². The van der Waals surface area contributed by atoms with E-state index in [9.17, 15) is 28.6 Å². The molecule has 2 atom stereocenters. The average molecular weight is 609 g/mol. The van der Waals surface area contributed by atoms with Crippen LogP contribution in [-0.4, -0.2) is 47.8 Å². The van der Waals surface area contributed by atoms with Crippen LogP contribution in [0.1, 0.15) is 31.8 Å². The first-order chi connectivity index (χ1) is 17.2. The number of rotatable bonds is 10. The first-order valence-electron chi connectivity index (χ1n) is 11.1. The SMILES string of the molecule is CNC(=O)c1cc(C(=O)N[C@@H](Cc2cc(F)cc(F)c2)[C@H](O)CNCc2cccc(I)c2)ccc1O. The van der Waals surface area contributed by atoms with Crippen molar-refractivity contribution < 1.29 is 28.6 Å². The van der Waals surface area contributed by atoms with Gasteiger partial charge in [-0.25, -0.2) is 8.78 Å². The van der Waals surface area contributed by atoms with Gasteiger partial charge in [0.15, 0.2) is 0 Å². The Hall–Kier alpha value is -3.09. The molecule has 0 heterocycles. The molecule has 3 rings (SSSR count). The molecule has 2 amide bonds. The molecule has 0 aliphatic rings. The Morgan fingerprint density at radius 3 is 2.36 bits per heavy atom. The van der Waals surface area contributed by atoms with Crippen LogP contribution in [0.2, 0.25) is 0 Å². The molecule has 10 heteroatoms. The molecule has 0 saturated carbocycles. The summed E-state index contributed by atoms with van der Waals surface area (Å²) in [7, 11) is 1.39. The van der Waals surface area contributed by atoms with Crippen LogP contribution in [0.25, 0.3) is 0 Å². The van der Waals surface area contributed by atoms with E-state index in [1.165, 1.54) is 25.2 Å². The first kappa shape index (κ1) is 27.5. The minimum atomic E-state index is -1.11. The standard InChI is InChI=1S/C26H26F2IN3O4/c1-30-26(36)21-11-17(5-6-23(21)33)25(35)32-22(10-16-7-18(27)12-19(28)8-16)24(34)14-31-13-15-3-2-4-20(29)9-15/h2-9,11-12,22,24,31,33-34H,10,13-14H2,1H3,(H,30,36)(H,32,35)/t22-,24+/m0/s1. The van der Waals surface area contributed by atoms with Crippen molar-refractivity contribution >= 4 is 34.4 Å². The molecule has 3 aromatic carbocycles. The van der Waals surface area contributed by atoms with Crippen molar-refractivity contribution in [3.63, 3.8) is 0 Å². The van der Waals surface area contributed by atoms with Gasteiger partial charge in [0, 0.05) is 35.3 Å². The molecule has 0 spiro atoms. The van der Waals surface area contributed by atoms with E-state index in [-0.39, 0.29) is 35.4 Å². The summed E-state index contributed by atoms with van der Waals surface area (Å²) in [5, 5.41) is 29.0. The number of phenols is 1. The van der Waals surface area contributed by atoms with Gasteiger partial charge in [-0.15, -0.1) is 0 Å². The van der Waals surface area contributed by atoms with Gasteiger partial charge in [-0.2, -0.15) is 0 Å².